The molecule has 2 aromatic heterocycles. The smallest absolute Gasteiger partial charge is 0.454 e. The molecule has 3 aromatic carbocycles. The molecule has 0 radical (unpaired) electrons. The fourth-order valence-electron chi connectivity index (χ4n) is 5.30. The lowest BCUT2D eigenvalue weighted by Crippen LogP contribution is -2.55. The third-order valence-corrected chi connectivity index (χ3v) is 7.25. The van der Waals surface area contributed by atoms with Crippen LogP contribution >= 0.6 is 0 Å². The van der Waals surface area contributed by atoms with Gasteiger partial charge in [0.2, 0.25) is 0 Å². The number of aromatic nitrogens is 2. The number of benzene rings is 3. The average molecular weight is 615 g/mol. The van der Waals surface area contributed by atoms with Gasteiger partial charge in [-0.2, -0.15) is 0 Å². The van der Waals surface area contributed by atoms with E-state index in [-0.39, 0.29) is 23.7 Å². The predicted octanol–water partition coefficient (Wildman–Crippen LogP) is 5.02. The number of H-pyrrole nitrogens is 1. The molecule has 3 heterocycles. The normalized spacial score (nSPS) is 13.4. The Morgan fingerprint density at radius 3 is 2.31 bits per heavy atom. The number of para-hydroxylation sites is 1. The summed E-state index contributed by atoms with van der Waals surface area (Å²) in [5, 5.41) is 7.16. The van der Waals surface area contributed by atoms with Gasteiger partial charge >= 0.3 is 23.6 Å². The molecule has 0 unspecified atom stereocenters. The first-order valence-electron chi connectivity index (χ1n) is 14.3. The molecule has 0 atom stereocenters. The number of rotatable bonds is 11. The number of aryl methyl sites for hydroxylation is 1. The van der Waals surface area contributed by atoms with Crippen LogP contribution in [0.5, 0.6) is 0 Å². The van der Waals surface area contributed by atoms with Crippen LogP contribution in [0, 0.1) is 6.92 Å². The molecule has 13 heteroatoms. The van der Waals surface area contributed by atoms with E-state index in [1.807, 2.05) is 73.3 Å². The zero-order chi connectivity index (χ0) is 31.6. The monoisotopic (exact) mass is 614 g/mol. The Hall–Kier alpha value is -5.40. The van der Waals surface area contributed by atoms with Gasteiger partial charge in [-0.1, -0.05) is 59.8 Å². The third kappa shape index (κ3) is 5.78. The Balaban J connectivity index is 1.33. The van der Waals surface area contributed by atoms with Crippen molar-refractivity contribution in [3.05, 3.63) is 111 Å². The van der Waals surface area contributed by atoms with Crippen molar-refractivity contribution in [3.63, 3.8) is 0 Å². The SMILES string of the molecule is CCOC1(OCC)Nc2cccc(C(=O)OCc3oc(=O)oc3C)c2N1Cc1ccc(-c2ccccc2-c2noc(=O)[nH]2)cc1. The standard InChI is InChI=1S/C32H30N4O9/c1-4-41-32(42-5-2)34-25-12-8-11-24(29(37)40-18-26-19(3)43-31(39)44-26)27(25)36(32)17-20-13-15-21(16-14-20)22-9-6-7-10-23(22)28-33-30(38)45-35-28/h6-16,34H,4-5,17-18H2,1-3H3,(H,33,35,38). The molecule has 0 bridgehead atoms. The number of ether oxygens (including phenoxy) is 3. The molecule has 0 fully saturated rings. The molecule has 1 aliphatic rings. The minimum absolute atomic E-state index is 0.130. The first kappa shape index (κ1) is 29.7. The lowest BCUT2D eigenvalue weighted by Gasteiger charge is -2.38. The Labute approximate surface area is 256 Å². The summed E-state index contributed by atoms with van der Waals surface area (Å²) < 4.78 is 32.4. The molecule has 232 valence electrons. The van der Waals surface area contributed by atoms with E-state index in [4.69, 9.17) is 27.6 Å². The largest absolute Gasteiger partial charge is 0.519 e. The van der Waals surface area contributed by atoms with Crippen molar-refractivity contribution in [2.45, 2.75) is 40.0 Å². The Morgan fingerprint density at radius 1 is 0.933 bits per heavy atom. The summed E-state index contributed by atoms with van der Waals surface area (Å²) in [7, 11) is 0. The number of carbonyl (C=O) groups excluding carboxylic acids is 1. The molecule has 13 nitrogen and oxygen atoms in total. The van der Waals surface area contributed by atoms with Crippen molar-refractivity contribution in [1.82, 2.24) is 10.1 Å². The van der Waals surface area contributed by atoms with E-state index in [1.54, 1.807) is 19.1 Å². The Kier molecular flexibility index (Phi) is 8.11. The number of carbonyl (C=O) groups is 1. The fraction of sp³-hybridized carbons (Fsp3) is 0.250. The molecule has 0 spiro atoms. The van der Waals surface area contributed by atoms with Crippen molar-refractivity contribution >= 4 is 17.3 Å². The van der Waals surface area contributed by atoms with E-state index >= 15 is 0 Å². The molecular weight excluding hydrogens is 584 g/mol. The lowest BCUT2D eigenvalue weighted by atomic mass is 9.98. The highest BCUT2D eigenvalue weighted by molar-refractivity contribution is 6.01. The van der Waals surface area contributed by atoms with E-state index in [2.05, 4.69) is 15.5 Å². The molecule has 1 aliphatic heterocycles. The second kappa shape index (κ2) is 12.3. The summed E-state index contributed by atoms with van der Waals surface area (Å²) in [4.78, 5) is 40.9. The van der Waals surface area contributed by atoms with Crippen molar-refractivity contribution in [1.29, 1.82) is 0 Å². The lowest BCUT2D eigenvalue weighted by molar-refractivity contribution is -0.210. The van der Waals surface area contributed by atoms with Gasteiger partial charge in [0.05, 0.1) is 36.7 Å². The molecule has 0 saturated carbocycles. The summed E-state index contributed by atoms with van der Waals surface area (Å²) in [5.74, 6) is -1.43. The number of esters is 1. The van der Waals surface area contributed by atoms with Gasteiger partial charge in [-0.3, -0.25) is 14.4 Å². The number of aromatic amines is 1. The molecule has 0 saturated heterocycles. The van der Waals surface area contributed by atoms with E-state index in [0.717, 1.165) is 16.7 Å². The van der Waals surface area contributed by atoms with Crippen LogP contribution in [0.25, 0.3) is 22.5 Å². The van der Waals surface area contributed by atoms with Gasteiger partial charge in [0.1, 0.15) is 0 Å². The van der Waals surface area contributed by atoms with Gasteiger partial charge in [0.15, 0.2) is 24.0 Å². The van der Waals surface area contributed by atoms with Crippen molar-refractivity contribution in [2.75, 3.05) is 23.4 Å². The minimum Gasteiger partial charge on any atom is -0.454 e. The fourth-order valence-corrected chi connectivity index (χ4v) is 5.30. The van der Waals surface area contributed by atoms with E-state index in [9.17, 15) is 14.4 Å². The zero-order valence-electron chi connectivity index (χ0n) is 24.7. The first-order chi connectivity index (χ1) is 21.8. The van der Waals surface area contributed by atoms with Crippen LogP contribution in [0.4, 0.5) is 11.4 Å². The summed E-state index contributed by atoms with van der Waals surface area (Å²) in [6.45, 7) is 5.91. The molecule has 0 aliphatic carbocycles. The molecule has 0 amide bonds. The highest BCUT2D eigenvalue weighted by Gasteiger charge is 2.48. The van der Waals surface area contributed by atoms with Crippen LogP contribution < -0.4 is 21.8 Å². The maximum atomic E-state index is 13.4. The van der Waals surface area contributed by atoms with Crippen LogP contribution in [-0.2, 0) is 27.4 Å². The van der Waals surface area contributed by atoms with Gasteiger partial charge in [-0.05, 0) is 49.6 Å². The summed E-state index contributed by atoms with van der Waals surface area (Å²) in [6.07, 6.45) is 0. The number of fused-ring (bicyclic) bond motifs is 1. The Morgan fingerprint density at radius 2 is 1.67 bits per heavy atom. The van der Waals surface area contributed by atoms with Crippen LogP contribution in [0.1, 0.15) is 41.3 Å². The zero-order valence-corrected chi connectivity index (χ0v) is 24.7. The number of nitrogens with one attached hydrogen (secondary N) is 2. The van der Waals surface area contributed by atoms with Crippen LogP contribution in [0.3, 0.4) is 0 Å². The minimum atomic E-state index is -1.40. The number of anilines is 2. The van der Waals surface area contributed by atoms with Crippen molar-refractivity contribution in [3.8, 4) is 22.5 Å². The second-order valence-electron chi connectivity index (χ2n) is 10.1. The average Bonchev–Trinajstić information content (AvgIpc) is 3.71. The maximum Gasteiger partial charge on any atom is 0.519 e. The van der Waals surface area contributed by atoms with Crippen molar-refractivity contribution in [2.24, 2.45) is 0 Å². The predicted molar refractivity (Wildman–Crippen MR) is 161 cm³/mol. The van der Waals surface area contributed by atoms with Crippen molar-refractivity contribution < 1.29 is 32.4 Å². The molecule has 6 rings (SSSR count). The highest BCUT2D eigenvalue weighted by atomic mass is 16.7. The highest BCUT2D eigenvalue weighted by Crippen LogP contribution is 2.45. The maximum absolute atomic E-state index is 13.4. The quantitative estimate of drug-likeness (QED) is 0.151. The van der Waals surface area contributed by atoms with Crippen LogP contribution in [0.2, 0.25) is 0 Å². The first-order valence-corrected chi connectivity index (χ1v) is 14.3. The van der Waals surface area contributed by atoms with E-state index in [0.29, 0.717) is 42.5 Å². The number of hydrogen-bond donors (Lipinski definition) is 2. The van der Waals surface area contributed by atoms with Gasteiger partial charge in [-0.15, -0.1) is 0 Å². The Bertz CT molecular complexity index is 1930. The molecule has 45 heavy (non-hydrogen) atoms. The third-order valence-electron chi connectivity index (χ3n) is 7.25. The molecule has 2 N–H and O–H groups in total. The number of nitrogens with zero attached hydrogens (tertiary/aromatic N) is 2. The summed E-state index contributed by atoms with van der Waals surface area (Å²) in [6, 6.07) is 19.2. The second-order valence-corrected chi connectivity index (χ2v) is 10.1. The van der Waals surface area contributed by atoms with Gasteiger partial charge in [-0.25, -0.2) is 14.4 Å². The summed E-state index contributed by atoms with van der Waals surface area (Å²) in [5.41, 5.74) is 4.76. The number of hydrogen-bond acceptors (Lipinski definition) is 12. The van der Waals surface area contributed by atoms with Crippen LogP contribution in [0.15, 0.2) is 89.7 Å². The van der Waals surface area contributed by atoms with E-state index < -0.39 is 23.6 Å². The molecule has 5 aromatic rings. The van der Waals surface area contributed by atoms with Crippen LogP contribution in [-0.4, -0.2) is 35.4 Å². The van der Waals surface area contributed by atoms with Gasteiger partial charge < -0.3 is 28.4 Å². The van der Waals surface area contributed by atoms with E-state index in [1.165, 1.54) is 0 Å². The molecular formula is C32H30N4O9. The van der Waals surface area contributed by atoms with Gasteiger partial charge in [0.25, 0.3) is 0 Å². The topological polar surface area (TPSA) is 162 Å². The summed E-state index contributed by atoms with van der Waals surface area (Å²) >= 11 is 0. The van der Waals surface area contributed by atoms with Gasteiger partial charge in [0, 0.05) is 5.56 Å².